The predicted octanol–water partition coefficient (Wildman–Crippen LogP) is 3.68. The van der Waals surface area contributed by atoms with Gasteiger partial charge >= 0.3 is 12.1 Å². The Hall–Kier alpha value is -3.20. The predicted molar refractivity (Wildman–Crippen MR) is 95.4 cm³/mol. The number of halogens is 4. The van der Waals surface area contributed by atoms with Gasteiger partial charge in [-0.25, -0.2) is 4.79 Å². The fraction of sp³-hybridized carbons (Fsp3) is 0.111. The van der Waals surface area contributed by atoms with Gasteiger partial charge in [0.1, 0.15) is 5.52 Å². The van der Waals surface area contributed by atoms with E-state index in [4.69, 9.17) is 16.3 Å². The Morgan fingerprint density at radius 2 is 1.96 bits per heavy atom. The van der Waals surface area contributed by atoms with Gasteiger partial charge in [-0.1, -0.05) is 28.9 Å². The van der Waals surface area contributed by atoms with E-state index in [0.717, 1.165) is 35.0 Å². The Balaban J connectivity index is 1.71. The summed E-state index contributed by atoms with van der Waals surface area (Å²) < 4.78 is 44.0. The summed E-state index contributed by atoms with van der Waals surface area (Å²) in [5.41, 5.74) is -1.00. The van der Waals surface area contributed by atoms with Crippen LogP contribution in [0.5, 0.6) is 0 Å². The number of nitrogens with zero attached hydrogens (tertiary/aromatic N) is 3. The first-order valence-electron chi connectivity index (χ1n) is 7.80. The van der Waals surface area contributed by atoms with E-state index in [0.29, 0.717) is 10.9 Å². The highest BCUT2D eigenvalue weighted by Gasteiger charge is 2.30. The molecule has 3 aromatic rings. The van der Waals surface area contributed by atoms with Gasteiger partial charge in [-0.05, 0) is 42.0 Å². The van der Waals surface area contributed by atoms with Crippen LogP contribution in [0, 0.1) is 0 Å². The molecule has 10 heteroatoms. The highest BCUT2D eigenvalue weighted by molar-refractivity contribution is 6.32. The van der Waals surface area contributed by atoms with Crippen LogP contribution in [0.3, 0.4) is 0 Å². The molecule has 1 heterocycles. The highest BCUT2D eigenvalue weighted by atomic mass is 35.5. The third-order valence-corrected chi connectivity index (χ3v) is 4.02. The molecule has 0 aliphatic heterocycles. The Morgan fingerprint density at radius 1 is 1.21 bits per heavy atom. The van der Waals surface area contributed by atoms with Crippen LogP contribution in [0.15, 0.2) is 53.3 Å². The van der Waals surface area contributed by atoms with Crippen molar-refractivity contribution in [1.29, 1.82) is 0 Å². The van der Waals surface area contributed by atoms with Crippen molar-refractivity contribution in [2.75, 3.05) is 0 Å². The Labute approximate surface area is 160 Å². The van der Waals surface area contributed by atoms with Crippen LogP contribution in [-0.4, -0.2) is 21.0 Å². The van der Waals surface area contributed by atoms with Gasteiger partial charge in [0.05, 0.1) is 10.9 Å². The van der Waals surface area contributed by atoms with Crippen molar-refractivity contribution in [3.05, 3.63) is 75.0 Å². The quantitative estimate of drug-likeness (QED) is 0.485. The van der Waals surface area contributed by atoms with E-state index in [1.54, 1.807) is 24.3 Å². The molecular weight excluding hydrogens is 399 g/mol. The lowest BCUT2D eigenvalue weighted by Crippen LogP contribution is -2.26. The number of aromatic nitrogens is 3. The summed E-state index contributed by atoms with van der Waals surface area (Å²) in [7, 11) is 0. The standard InChI is InChI=1S/C18H11ClF3N3O3/c19-14-7-6-12(18(20,21)22)9-11(14)5-8-16(26)28-10-25-17(27)13-3-1-2-4-15(13)23-24-25/h1-9H,10H2/b8-5+. The largest absolute Gasteiger partial charge is 0.439 e. The van der Waals surface area contributed by atoms with Crippen molar-refractivity contribution in [2.45, 2.75) is 12.9 Å². The minimum atomic E-state index is -4.54. The summed E-state index contributed by atoms with van der Waals surface area (Å²) in [5.74, 6) is -0.893. The number of hydrogen-bond donors (Lipinski definition) is 0. The molecule has 0 aliphatic rings. The average Bonchev–Trinajstić information content (AvgIpc) is 2.66. The molecular formula is C18H11ClF3N3O3. The number of alkyl halides is 3. The molecule has 0 unspecified atom stereocenters. The first-order chi connectivity index (χ1) is 13.3. The number of ether oxygens (including phenoxy) is 1. The van der Waals surface area contributed by atoms with Crippen molar-refractivity contribution in [3.8, 4) is 0 Å². The molecule has 0 atom stereocenters. The van der Waals surface area contributed by atoms with Gasteiger partial charge in [0.2, 0.25) is 0 Å². The molecule has 0 radical (unpaired) electrons. The fourth-order valence-corrected chi connectivity index (χ4v) is 2.47. The number of hydrogen-bond acceptors (Lipinski definition) is 5. The number of benzene rings is 2. The molecule has 6 nitrogen and oxygen atoms in total. The van der Waals surface area contributed by atoms with Crippen molar-refractivity contribution >= 4 is 34.5 Å². The first kappa shape index (κ1) is 19.6. The van der Waals surface area contributed by atoms with Gasteiger partial charge in [-0.2, -0.15) is 17.9 Å². The second kappa shape index (κ2) is 7.81. The molecule has 0 fully saturated rings. The van der Waals surface area contributed by atoms with Crippen LogP contribution < -0.4 is 5.56 Å². The van der Waals surface area contributed by atoms with Crippen LogP contribution in [0.4, 0.5) is 13.2 Å². The molecule has 2 aromatic carbocycles. The number of carbonyl (C=O) groups excluding carboxylic acids is 1. The third kappa shape index (κ3) is 4.37. The van der Waals surface area contributed by atoms with Gasteiger partial charge in [0.25, 0.3) is 5.56 Å². The minimum absolute atomic E-state index is 0.00361. The molecule has 144 valence electrons. The number of rotatable bonds is 4. The molecule has 0 aliphatic carbocycles. The molecule has 28 heavy (non-hydrogen) atoms. The summed E-state index contributed by atoms with van der Waals surface area (Å²) >= 11 is 5.84. The van der Waals surface area contributed by atoms with E-state index in [-0.39, 0.29) is 10.6 Å². The van der Waals surface area contributed by atoms with Crippen LogP contribution >= 0.6 is 11.6 Å². The minimum Gasteiger partial charge on any atom is -0.439 e. The van der Waals surface area contributed by atoms with Gasteiger partial charge in [0.15, 0.2) is 6.73 Å². The summed E-state index contributed by atoms with van der Waals surface area (Å²) in [6.45, 7) is -0.504. The van der Waals surface area contributed by atoms with Crippen LogP contribution in [0.2, 0.25) is 5.02 Å². The summed E-state index contributed by atoms with van der Waals surface area (Å²) in [6.07, 6.45) is -2.54. The molecule has 1 aromatic heterocycles. The summed E-state index contributed by atoms with van der Waals surface area (Å²) in [6, 6.07) is 9.25. The normalized spacial score (nSPS) is 11.9. The maximum absolute atomic E-state index is 12.8. The molecule has 0 amide bonds. The summed E-state index contributed by atoms with van der Waals surface area (Å²) in [4.78, 5) is 24.0. The molecule has 0 spiro atoms. The van der Waals surface area contributed by atoms with Gasteiger partial charge in [-0.3, -0.25) is 4.79 Å². The third-order valence-electron chi connectivity index (χ3n) is 3.68. The van der Waals surface area contributed by atoms with Gasteiger partial charge in [0, 0.05) is 11.1 Å². The zero-order chi connectivity index (χ0) is 20.3. The van der Waals surface area contributed by atoms with E-state index in [1.165, 1.54) is 0 Å². The molecule has 0 N–H and O–H groups in total. The lowest BCUT2D eigenvalue weighted by Gasteiger charge is -2.08. The number of fused-ring (bicyclic) bond motifs is 1. The maximum Gasteiger partial charge on any atom is 0.416 e. The monoisotopic (exact) mass is 409 g/mol. The lowest BCUT2D eigenvalue weighted by molar-refractivity contribution is -0.142. The van der Waals surface area contributed by atoms with Crippen molar-refractivity contribution < 1.29 is 22.7 Å². The number of esters is 1. The van der Waals surface area contributed by atoms with Crippen LogP contribution in [0.25, 0.3) is 17.0 Å². The second-order valence-electron chi connectivity index (χ2n) is 5.57. The molecule has 3 rings (SSSR count). The average molecular weight is 410 g/mol. The smallest absolute Gasteiger partial charge is 0.416 e. The molecule has 0 saturated carbocycles. The van der Waals surface area contributed by atoms with Crippen molar-refractivity contribution in [3.63, 3.8) is 0 Å². The molecule has 0 saturated heterocycles. The van der Waals surface area contributed by atoms with E-state index in [2.05, 4.69) is 10.3 Å². The second-order valence-corrected chi connectivity index (χ2v) is 5.98. The topological polar surface area (TPSA) is 74.1 Å². The van der Waals surface area contributed by atoms with Crippen molar-refractivity contribution in [2.24, 2.45) is 0 Å². The number of carbonyl (C=O) groups is 1. The zero-order valence-corrected chi connectivity index (χ0v) is 14.7. The fourth-order valence-electron chi connectivity index (χ4n) is 2.29. The van der Waals surface area contributed by atoms with E-state index in [9.17, 15) is 22.8 Å². The van der Waals surface area contributed by atoms with E-state index >= 15 is 0 Å². The summed E-state index contributed by atoms with van der Waals surface area (Å²) in [5, 5.41) is 7.83. The zero-order valence-electron chi connectivity index (χ0n) is 14.0. The Bertz CT molecular complexity index is 1130. The molecule has 0 bridgehead atoms. The Kier molecular flexibility index (Phi) is 5.46. The van der Waals surface area contributed by atoms with Gasteiger partial charge in [-0.15, -0.1) is 5.10 Å². The lowest BCUT2D eigenvalue weighted by atomic mass is 10.1. The van der Waals surface area contributed by atoms with E-state index in [1.807, 2.05) is 0 Å². The SMILES string of the molecule is O=C(/C=C/c1cc(C(F)(F)F)ccc1Cl)OCn1nnc2ccccc2c1=O. The van der Waals surface area contributed by atoms with Crippen LogP contribution in [-0.2, 0) is 22.4 Å². The van der Waals surface area contributed by atoms with Crippen LogP contribution in [0.1, 0.15) is 11.1 Å². The van der Waals surface area contributed by atoms with Crippen molar-refractivity contribution in [1.82, 2.24) is 15.0 Å². The van der Waals surface area contributed by atoms with Gasteiger partial charge < -0.3 is 4.74 Å². The van der Waals surface area contributed by atoms with E-state index < -0.39 is 30.0 Å². The highest BCUT2D eigenvalue weighted by Crippen LogP contribution is 2.32. The first-order valence-corrected chi connectivity index (χ1v) is 8.17. The Morgan fingerprint density at radius 3 is 2.71 bits per heavy atom. The maximum atomic E-state index is 12.8.